The van der Waals surface area contributed by atoms with E-state index >= 15 is 0 Å². The average Bonchev–Trinajstić information content (AvgIpc) is 2.86. The number of para-hydroxylation sites is 1. The molecule has 0 fully saturated rings. The van der Waals surface area contributed by atoms with Crippen LogP contribution >= 0.6 is 23.2 Å². The van der Waals surface area contributed by atoms with Gasteiger partial charge in [0.25, 0.3) is 5.91 Å². The predicted molar refractivity (Wildman–Crippen MR) is 129 cm³/mol. The van der Waals surface area contributed by atoms with E-state index in [1.54, 1.807) is 6.07 Å². The number of esters is 2. The van der Waals surface area contributed by atoms with Crippen molar-refractivity contribution < 1.29 is 33.8 Å². The monoisotopic (exact) mass is 526 g/mol. The van der Waals surface area contributed by atoms with Crippen molar-refractivity contribution in [3.05, 3.63) is 99.5 Å². The van der Waals surface area contributed by atoms with Crippen LogP contribution in [0.5, 0.6) is 0 Å². The number of carbonyl (C=O) groups excluding carboxylic acids is 3. The van der Waals surface area contributed by atoms with Crippen molar-refractivity contribution in [3.8, 4) is 6.07 Å². The molecule has 36 heavy (non-hydrogen) atoms. The number of amides is 1. The van der Waals surface area contributed by atoms with Gasteiger partial charge in [-0.1, -0.05) is 35.3 Å². The molecule has 2 atom stereocenters. The van der Waals surface area contributed by atoms with Crippen LogP contribution in [0.4, 0.5) is 5.69 Å². The third kappa shape index (κ3) is 6.60. The van der Waals surface area contributed by atoms with Crippen LogP contribution in [0.2, 0.25) is 10.0 Å². The number of ether oxygens (including phenoxy) is 2. The molecule has 0 aromatic heterocycles. The summed E-state index contributed by atoms with van der Waals surface area (Å²) in [7, 11) is 0. The van der Waals surface area contributed by atoms with Crippen molar-refractivity contribution in [1.29, 1.82) is 5.26 Å². The highest BCUT2D eigenvalue weighted by Gasteiger charge is 2.41. The Labute approximate surface area is 214 Å². The Hall–Kier alpha value is -4.39. The van der Waals surface area contributed by atoms with Gasteiger partial charge in [0.2, 0.25) is 12.2 Å². The first-order valence-electron chi connectivity index (χ1n) is 10.2. The number of nitrogens with zero attached hydrogens (tertiary/aromatic N) is 1. The van der Waals surface area contributed by atoms with E-state index in [4.69, 9.17) is 32.7 Å². The fraction of sp³-hybridized carbons (Fsp3) is 0.0800. The Kier molecular flexibility index (Phi) is 8.62. The number of hydrogen-bond acceptors (Lipinski definition) is 7. The second-order valence-corrected chi connectivity index (χ2v) is 8.02. The van der Waals surface area contributed by atoms with Gasteiger partial charge < -0.3 is 19.9 Å². The van der Waals surface area contributed by atoms with Crippen molar-refractivity contribution in [3.63, 3.8) is 0 Å². The summed E-state index contributed by atoms with van der Waals surface area (Å²) >= 11 is 11.6. The van der Waals surface area contributed by atoms with E-state index in [0.717, 1.165) is 0 Å². The van der Waals surface area contributed by atoms with E-state index in [1.807, 2.05) is 6.07 Å². The molecule has 1 amide bonds. The summed E-state index contributed by atoms with van der Waals surface area (Å²) in [5.74, 6) is -5.07. The molecule has 3 aromatic carbocycles. The molecule has 0 bridgehead atoms. The van der Waals surface area contributed by atoms with Gasteiger partial charge in [-0.05, 0) is 60.7 Å². The van der Waals surface area contributed by atoms with E-state index in [-0.39, 0.29) is 22.4 Å². The zero-order chi connectivity index (χ0) is 26.2. The summed E-state index contributed by atoms with van der Waals surface area (Å²) in [6.45, 7) is 0. The van der Waals surface area contributed by atoms with Crippen molar-refractivity contribution in [2.45, 2.75) is 12.2 Å². The molecule has 11 heteroatoms. The molecule has 0 saturated heterocycles. The molecule has 3 aromatic rings. The smallest absolute Gasteiger partial charge is 0.349 e. The van der Waals surface area contributed by atoms with Gasteiger partial charge in [-0.2, -0.15) is 5.26 Å². The molecule has 0 unspecified atom stereocenters. The highest BCUT2D eigenvalue weighted by atomic mass is 35.5. The van der Waals surface area contributed by atoms with E-state index in [9.17, 15) is 29.5 Å². The maximum atomic E-state index is 13.1. The fourth-order valence-corrected chi connectivity index (χ4v) is 3.18. The lowest BCUT2D eigenvalue weighted by atomic mass is 10.1. The summed E-state index contributed by atoms with van der Waals surface area (Å²) in [4.78, 5) is 50.5. The number of rotatable bonds is 8. The van der Waals surface area contributed by atoms with E-state index in [2.05, 4.69) is 5.32 Å². The molecule has 2 N–H and O–H groups in total. The first kappa shape index (κ1) is 26.2. The standard InChI is InChI=1S/C25H16Cl2N2O7/c26-17-9-5-14(6-10-17)24(33)35-20(22(30)29-19-4-2-1-3-16(19)13-28)21(23(31)32)36-25(34)15-7-11-18(27)12-8-15/h1-12,20-21H,(H,29,30)(H,31,32)/t20-,21+/m1/s1. The van der Waals surface area contributed by atoms with Crippen LogP contribution in [0.1, 0.15) is 26.3 Å². The lowest BCUT2D eigenvalue weighted by molar-refractivity contribution is -0.157. The minimum Gasteiger partial charge on any atom is -0.478 e. The van der Waals surface area contributed by atoms with Crippen molar-refractivity contribution in [2.75, 3.05) is 5.32 Å². The van der Waals surface area contributed by atoms with Crippen LogP contribution in [-0.2, 0) is 19.1 Å². The van der Waals surface area contributed by atoms with Gasteiger partial charge in [-0.25, -0.2) is 14.4 Å². The van der Waals surface area contributed by atoms with Gasteiger partial charge in [-0.15, -0.1) is 0 Å². The Morgan fingerprint density at radius 2 is 1.25 bits per heavy atom. The molecule has 0 aliphatic carbocycles. The molecular weight excluding hydrogens is 511 g/mol. The summed E-state index contributed by atoms with van der Waals surface area (Å²) in [5, 5.41) is 22.1. The lowest BCUT2D eigenvalue weighted by Gasteiger charge is -2.23. The van der Waals surface area contributed by atoms with Crippen molar-refractivity contribution in [2.24, 2.45) is 0 Å². The fourth-order valence-electron chi connectivity index (χ4n) is 2.93. The van der Waals surface area contributed by atoms with Gasteiger partial charge in [0, 0.05) is 10.0 Å². The summed E-state index contributed by atoms with van der Waals surface area (Å²) in [5.41, 5.74) is 0.0100. The number of carbonyl (C=O) groups is 4. The molecule has 0 aliphatic rings. The molecule has 182 valence electrons. The Morgan fingerprint density at radius 1 is 0.778 bits per heavy atom. The minimum absolute atomic E-state index is 0.0331. The number of carboxylic acids is 1. The molecular formula is C25H16Cl2N2O7. The van der Waals surface area contributed by atoms with Gasteiger partial charge in [0.05, 0.1) is 22.4 Å². The number of anilines is 1. The zero-order valence-electron chi connectivity index (χ0n) is 18.2. The summed E-state index contributed by atoms with van der Waals surface area (Å²) in [6, 6.07) is 18.5. The van der Waals surface area contributed by atoms with Crippen molar-refractivity contribution >= 4 is 52.7 Å². The Bertz CT molecular complexity index is 1340. The SMILES string of the molecule is N#Cc1ccccc1NC(=O)[C@H](OC(=O)c1ccc(Cl)cc1)[C@H](OC(=O)c1ccc(Cl)cc1)C(=O)O. The quantitative estimate of drug-likeness (QED) is 0.412. The molecule has 0 spiro atoms. The Morgan fingerprint density at radius 3 is 1.72 bits per heavy atom. The summed E-state index contributed by atoms with van der Waals surface area (Å²) in [6.07, 6.45) is -4.37. The largest absolute Gasteiger partial charge is 0.478 e. The van der Waals surface area contributed by atoms with Crippen LogP contribution < -0.4 is 5.32 Å². The first-order valence-corrected chi connectivity index (χ1v) is 10.9. The maximum absolute atomic E-state index is 13.1. The second kappa shape index (κ2) is 11.8. The van der Waals surface area contributed by atoms with Crippen molar-refractivity contribution in [1.82, 2.24) is 0 Å². The van der Waals surface area contributed by atoms with Crippen LogP contribution in [0, 0.1) is 11.3 Å². The topological polar surface area (TPSA) is 143 Å². The zero-order valence-corrected chi connectivity index (χ0v) is 19.7. The van der Waals surface area contributed by atoms with Gasteiger partial charge in [0.15, 0.2) is 0 Å². The molecule has 0 saturated carbocycles. The van der Waals surface area contributed by atoms with Gasteiger partial charge in [-0.3, -0.25) is 4.79 Å². The van der Waals surface area contributed by atoms with Gasteiger partial charge in [0.1, 0.15) is 6.07 Å². The molecule has 0 radical (unpaired) electrons. The third-order valence-corrected chi connectivity index (χ3v) is 5.21. The van der Waals surface area contributed by atoms with Gasteiger partial charge >= 0.3 is 17.9 Å². The first-order chi connectivity index (χ1) is 17.2. The molecule has 9 nitrogen and oxygen atoms in total. The van der Waals surface area contributed by atoms with E-state index in [1.165, 1.54) is 66.7 Å². The minimum atomic E-state index is -2.24. The molecule has 0 heterocycles. The second-order valence-electron chi connectivity index (χ2n) is 7.15. The number of halogens is 2. The van der Waals surface area contributed by atoms with Crippen LogP contribution in [0.3, 0.4) is 0 Å². The normalized spacial score (nSPS) is 11.9. The van der Waals surface area contributed by atoms with E-state index < -0.39 is 36.0 Å². The third-order valence-electron chi connectivity index (χ3n) is 4.71. The predicted octanol–water partition coefficient (Wildman–Crippen LogP) is 4.34. The average molecular weight is 527 g/mol. The number of nitriles is 1. The lowest BCUT2D eigenvalue weighted by Crippen LogP contribution is -2.48. The van der Waals surface area contributed by atoms with E-state index in [0.29, 0.717) is 10.0 Å². The number of hydrogen-bond donors (Lipinski definition) is 2. The number of aliphatic carboxylic acids is 1. The molecule has 0 aliphatic heterocycles. The van der Waals surface area contributed by atoms with Crippen LogP contribution in [0.25, 0.3) is 0 Å². The van der Waals surface area contributed by atoms with Crippen LogP contribution in [0.15, 0.2) is 72.8 Å². The summed E-state index contributed by atoms with van der Waals surface area (Å²) < 4.78 is 10.3. The number of nitrogens with one attached hydrogen (secondary N) is 1. The highest BCUT2D eigenvalue weighted by molar-refractivity contribution is 6.31. The molecule has 3 rings (SSSR count). The Balaban J connectivity index is 1.94. The van der Waals surface area contributed by atoms with Crippen LogP contribution in [-0.4, -0.2) is 41.1 Å². The highest BCUT2D eigenvalue weighted by Crippen LogP contribution is 2.19. The number of benzene rings is 3. The number of carboxylic acid groups (broad SMARTS) is 1. The maximum Gasteiger partial charge on any atom is 0.349 e.